The summed E-state index contributed by atoms with van der Waals surface area (Å²) in [6.07, 6.45) is 4.73. The lowest BCUT2D eigenvalue weighted by Gasteiger charge is -2.54. The second-order valence-electron chi connectivity index (χ2n) is 15.0. The Morgan fingerprint density at radius 1 is 0.900 bits per heavy atom. The van der Waals surface area contributed by atoms with E-state index >= 15 is 0 Å². The van der Waals surface area contributed by atoms with Crippen molar-refractivity contribution >= 4 is 5.78 Å². The molecule has 5 nitrogen and oxygen atoms in total. The van der Waals surface area contributed by atoms with Gasteiger partial charge in [-0.2, -0.15) is 0 Å². The highest BCUT2D eigenvalue weighted by Crippen LogP contribution is 2.49. The molecule has 2 fully saturated rings. The van der Waals surface area contributed by atoms with E-state index in [-0.39, 0.29) is 11.2 Å². The summed E-state index contributed by atoms with van der Waals surface area (Å²) in [6, 6.07) is 38.3. The Labute approximate surface area is 300 Å². The Morgan fingerprint density at radius 2 is 1.50 bits per heavy atom. The molecule has 0 saturated carbocycles. The zero-order chi connectivity index (χ0) is 35.1. The highest BCUT2D eigenvalue weighted by molar-refractivity contribution is 5.93. The standard InChI is InChI=1S/C23H29NO2.C22H27NO/c1-3-22(25)23(20-10-6-4-7-11-20,21-12-8-5-9-13-21)18-19(2)24-14-16-26-17-15-24;1-16-21-14-18-8-9-19(24)15-20(18)22(16,2)11-13-23(21)12-10-17-6-4-3-5-7-17/h4-13,19H,3,14-18H2,1-2H3;3-9,15-16,21,24H,10-14H2,1-2H3. The number of rotatable bonds is 10. The molecule has 0 spiro atoms. The van der Waals surface area contributed by atoms with E-state index in [9.17, 15) is 9.90 Å². The number of ketones is 1. The topological polar surface area (TPSA) is 53.0 Å². The minimum atomic E-state index is -0.602. The molecule has 3 aliphatic rings. The van der Waals surface area contributed by atoms with Gasteiger partial charge in [-0.25, -0.2) is 0 Å². The molecule has 4 aromatic carbocycles. The fourth-order valence-corrected chi connectivity index (χ4v) is 9.07. The maximum Gasteiger partial charge on any atom is 0.147 e. The van der Waals surface area contributed by atoms with Crippen LogP contribution in [0.2, 0.25) is 0 Å². The molecule has 1 aliphatic carbocycles. The third-order valence-electron chi connectivity index (χ3n) is 12.2. The van der Waals surface area contributed by atoms with E-state index in [4.69, 9.17) is 4.74 Å². The van der Waals surface area contributed by atoms with Crippen molar-refractivity contribution in [3.05, 3.63) is 137 Å². The number of carbonyl (C=O) groups excluding carboxylic acids is 1. The van der Waals surface area contributed by atoms with Gasteiger partial charge in [-0.15, -0.1) is 0 Å². The number of phenolic OH excluding ortho intramolecular Hbond substituents is 1. The van der Waals surface area contributed by atoms with E-state index in [1.54, 1.807) is 0 Å². The average Bonchev–Trinajstić information content (AvgIpc) is 3.16. The third kappa shape index (κ3) is 7.46. The number of hydrogen-bond donors (Lipinski definition) is 1. The predicted molar refractivity (Wildman–Crippen MR) is 204 cm³/mol. The van der Waals surface area contributed by atoms with Crippen LogP contribution in [0.3, 0.4) is 0 Å². The summed E-state index contributed by atoms with van der Waals surface area (Å²) in [5, 5.41) is 9.94. The van der Waals surface area contributed by atoms with Crippen LogP contribution in [-0.4, -0.2) is 72.2 Å². The summed E-state index contributed by atoms with van der Waals surface area (Å²) >= 11 is 0. The van der Waals surface area contributed by atoms with Crippen LogP contribution in [0, 0.1) is 5.92 Å². The van der Waals surface area contributed by atoms with Crippen LogP contribution < -0.4 is 0 Å². The number of piperidine rings is 1. The Hall–Kier alpha value is -3.77. The van der Waals surface area contributed by atoms with Crippen molar-refractivity contribution in [3.63, 3.8) is 0 Å². The van der Waals surface area contributed by atoms with Crippen LogP contribution >= 0.6 is 0 Å². The van der Waals surface area contributed by atoms with Crippen LogP contribution in [0.1, 0.15) is 74.8 Å². The Bertz CT molecular complexity index is 1630. The summed E-state index contributed by atoms with van der Waals surface area (Å²) in [5.41, 5.74) is 6.03. The van der Waals surface area contributed by atoms with E-state index in [0.29, 0.717) is 30.2 Å². The van der Waals surface area contributed by atoms with Crippen molar-refractivity contribution < 1.29 is 14.6 Å². The Kier molecular flexibility index (Phi) is 11.6. The van der Waals surface area contributed by atoms with Crippen LogP contribution in [-0.2, 0) is 33.2 Å². The minimum Gasteiger partial charge on any atom is -0.508 e. The molecule has 0 amide bonds. The lowest BCUT2D eigenvalue weighted by molar-refractivity contribution is -0.123. The van der Waals surface area contributed by atoms with Crippen molar-refractivity contribution in [1.29, 1.82) is 0 Å². The number of phenols is 1. The van der Waals surface area contributed by atoms with Gasteiger partial charge in [0, 0.05) is 38.1 Å². The number of hydrogen-bond acceptors (Lipinski definition) is 5. The van der Waals surface area contributed by atoms with Gasteiger partial charge in [0.25, 0.3) is 0 Å². The third-order valence-corrected chi connectivity index (χ3v) is 12.2. The summed E-state index contributed by atoms with van der Waals surface area (Å²) in [7, 11) is 0. The average molecular weight is 673 g/mol. The Morgan fingerprint density at radius 3 is 2.10 bits per heavy atom. The van der Waals surface area contributed by atoms with E-state index in [1.165, 1.54) is 23.1 Å². The van der Waals surface area contributed by atoms with Crippen molar-refractivity contribution in [2.24, 2.45) is 5.92 Å². The van der Waals surface area contributed by atoms with Gasteiger partial charge in [-0.3, -0.25) is 14.6 Å². The van der Waals surface area contributed by atoms with E-state index < -0.39 is 5.41 Å². The van der Waals surface area contributed by atoms with Crippen LogP contribution in [0.5, 0.6) is 5.75 Å². The number of carbonyl (C=O) groups is 1. The lowest BCUT2D eigenvalue weighted by atomic mass is 9.59. The molecule has 4 unspecified atom stereocenters. The first-order valence-corrected chi connectivity index (χ1v) is 18.8. The summed E-state index contributed by atoms with van der Waals surface area (Å²) < 4.78 is 5.51. The first kappa shape index (κ1) is 36.0. The molecule has 264 valence electrons. The summed E-state index contributed by atoms with van der Waals surface area (Å²) in [5.74, 6) is 1.32. The number of benzene rings is 4. The van der Waals surface area contributed by atoms with Crippen molar-refractivity contribution in [3.8, 4) is 5.75 Å². The highest BCUT2D eigenvalue weighted by Gasteiger charge is 2.48. The molecule has 2 bridgehead atoms. The van der Waals surface area contributed by atoms with Crippen molar-refractivity contribution in [2.45, 2.75) is 82.7 Å². The quantitative estimate of drug-likeness (QED) is 0.184. The van der Waals surface area contributed by atoms with E-state index in [1.807, 2.05) is 55.5 Å². The molecular weight excluding hydrogens is 617 g/mol. The molecule has 4 aromatic rings. The van der Waals surface area contributed by atoms with Gasteiger partial charge in [0.2, 0.25) is 0 Å². The first-order chi connectivity index (χ1) is 24.3. The number of Topliss-reactive ketones (excluding diaryl/α,β-unsaturated/α-hetero) is 1. The van der Waals surface area contributed by atoms with Crippen LogP contribution in [0.25, 0.3) is 0 Å². The fraction of sp³-hybridized carbons (Fsp3) is 0.444. The van der Waals surface area contributed by atoms with Gasteiger partial charge < -0.3 is 9.84 Å². The van der Waals surface area contributed by atoms with Crippen molar-refractivity contribution in [1.82, 2.24) is 9.80 Å². The number of ether oxygens (including phenoxy) is 1. The molecule has 1 N–H and O–H groups in total. The molecule has 2 heterocycles. The SMILES string of the molecule is CC1C2Cc3ccc(O)cc3C1(C)CCN2CCc1ccccc1.CCC(=O)C(CC(C)N1CCOCC1)(c1ccccc1)c1ccccc1. The molecule has 4 atom stereocenters. The number of aromatic hydroxyl groups is 1. The van der Waals surface area contributed by atoms with E-state index in [0.717, 1.165) is 69.8 Å². The molecule has 0 radical (unpaired) electrons. The predicted octanol–water partition coefficient (Wildman–Crippen LogP) is 8.22. The maximum atomic E-state index is 13.4. The molecule has 2 aliphatic heterocycles. The zero-order valence-electron chi connectivity index (χ0n) is 30.6. The van der Waals surface area contributed by atoms with E-state index in [2.05, 4.69) is 91.2 Å². The number of fused-ring (bicyclic) bond motifs is 4. The van der Waals surface area contributed by atoms with Gasteiger partial charge >= 0.3 is 0 Å². The molecule has 0 aromatic heterocycles. The maximum absolute atomic E-state index is 13.4. The smallest absolute Gasteiger partial charge is 0.147 e. The van der Waals surface area contributed by atoms with Gasteiger partial charge in [0.1, 0.15) is 11.5 Å². The largest absolute Gasteiger partial charge is 0.508 e. The molecule has 5 heteroatoms. The molecule has 2 saturated heterocycles. The summed E-state index contributed by atoms with van der Waals surface area (Å²) in [6.45, 7) is 14.7. The normalized spacial score (nSPS) is 22.9. The number of nitrogens with zero attached hydrogens (tertiary/aromatic N) is 2. The van der Waals surface area contributed by atoms with Gasteiger partial charge in [-0.1, -0.05) is 118 Å². The minimum absolute atomic E-state index is 0.195. The Balaban J connectivity index is 0.000000173. The second kappa shape index (κ2) is 16.1. The molecular formula is C45H56N2O3. The van der Waals surface area contributed by atoms with Crippen LogP contribution in [0.4, 0.5) is 0 Å². The number of morpholine rings is 1. The van der Waals surface area contributed by atoms with Crippen molar-refractivity contribution in [2.75, 3.05) is 39.4 Å². The molecule has 7 rings (SSSR count). The van der Waals surface area contributed by atoms with Gasteiger partial charge in [0.05, 0.1) is 18.6 Å². The lowest BCUT2D eigenvalue weighted by Crippen LogP contribution is -2.58. The summed E-state index contributed by atoms with van der Waals surface area (Å²) in [4.78, 5) is 18.6. The molecule has 50 heavy (non-hydrogen) atoms. The monoisotopic (exact) mass is 672 g/mol. The first-order valence-electron chi connectivity index (χ1n) is 18.8. The number of likely N-dealkylation sites (tertiary alicyclic amines) is 1. The second-order valence-corrected chi connectivity index (χ2v) is 15.0. The highest BCUT2D eigenvalue weighted by atomic mass is 16.5. The fourth-order valence-electron chi connectivity index (χ4n) is 9.07. The van der Waals surface area contributed by atoms with Crippen LogP contribution in [0.15, 0.2) is 109 Å². The van der Waals surface area contributed by atoms with Gasteiger partial charge in [-0.05, 0) is 90.4 Å². The zero-order valence-corrected chi connectivity index (χ0v) is 30.6. The van der Waals surface area contributed by atoms with Gasteiger partial charge in [0.15, 0.2) is 0 Å².